The Kier molecular flexibility index (Phi) is 3.58. The Hall–Kier alpha value is -1.62. The van der Waals surface area contributed by atoms with E-state index in [1.807, 2.05) is 6.92 Å². The predicted octanol–water partition coefficient (Wildman–Crippen LogP) is 0.961. The topological polar surface area (TPSA) is 77.2 Å². The number of amides is 1. The van der Waals surface area contributed by atoms with Crippen molar-refractivity contribution in [3.05, 3.63) is 23.9 Å². The summed E-state index contributed by atoms with van der Waals surface area (Å²) in [4.78, 5) is 15.7. The van der Waals surface area contributed by atoms with Gasteiger partial charge in [-0.05, 0) is 31.9 Å². The van der Waals surface area contributed by atoms with Crippen LogP contribution in [0.2, 0.25) is 0 Å². The highest BCUT2D eigenvalue weighted by atomic mass is 16.5. The van der Waals surface area contributed by atoms with Crippen LogP contribution in [0.25, 0.3) is 0 Å². The third-order valence-corrected chi connectivity index (χ3v) is 2.88. The van der Waals surface area contributed by atoms with Crippen LogP contribution in [0.1, 0.15) is 30.1 Å². The van der Waals surface area contributed by atoms with Crippen LogP contribution >= 0.6 is 0 Å². The number of carbonyl (C=O) groups excluding carboxylic acids is 1. The maximum Gasteiger partial charge on any atom is 0.253 e. The normalized spacial score (nSPS) is 22.9. The summed E-state index contributed by atoms with van der Waals surface area (Å²) in [6.45, 7) is 2.71. The molecule has 0 radical (unpaired) electrons. The van der Waals surface area contributed by atoms with Gasteiger partial charge in [0.1, 0.15) is 5.82 Å². The van der Waals surface area contributed by atoms with Crippen molar-refractivity contribution in [1.82, 2.24) is 10.3 Å². The SMILES string of the molecule is CCOC1CC(NC(=O)c2ccc(N)nc2)C1. The van der Waals surface area contributed by atoms with E-state index in [2.05, 4.69) is 10.3 Å². The number of nitrogens with one attached hydrogen (secondary N) is 1. The van der Waals surface area contributed by atoms with E-state index in [1.54, 1.807) is 12.1 Å². The maximum atomic E-state index is 11.8. The molecular weight excluding hydrogens is 218 g/mol. The Balaban J connectivity index is 1.81. The van der Waals surface area contributed by atoms with Crippen molar-refractivity contribution < 1.29 is 9.53 Å². The number of hydrogen-bond donors (Lipinski definition) is 2. The van der Waals surface area contributed by atoms with E-state index in [1.165, 1.54) is 6.20 Å². The predicted molar refractivity (Wildman–Crippen MR) is 64.6 cm³/mol. The van der Waals surface area contributed by atoms with E-state index >= 15 is 0 Å². The Bertz CT molecular complexity index is 385. The van der Waals surface area contributed by atoms with Crippen LogP contribution in [0, 0.1) is 0 Å². The number of carbonyl (C=O) groups is 1. The van der Waals surface area contributed by atoms with Crippen molar-refractivity contribution in [2.45, 2.75) is 31.9 Å². The van der Waals surface area contributed by atoms with Gasteiger partial charge in [0.15, 0.2) is 0 Å². The minimum Gasteiger partial charge on any atom is -0.384 e. The van der Waals surface area contributed by atoms with E-state index in [4.69, 9.17) is 10.5 Å². The van der Waals surface area contributed by atoms with Gasteiger partial charge in [-0.3, -0.25) is 4.79 Å². The molecule has 0 saturated heterocycles. The van der Waals surface area contributed by atoms with Gasteiger partial charge >= 0.3 is 0 Å². The number of aromatic nitrogens is 1. The van der Waals surface area contributed by atoms with Gasteiger partial charge in [0.2, 0.25) is 0 Å². The van der Waals surface area contributed by atoms with Gasteiger partial charge in [0.05, 0.1) is 11.7 Å². The molecule has 92 valence electrons. The Morgan fingerprint density at radius 1 is 1.59 bits per heavy atom. The molecule has 5 heteroatoms. The lowest BCUT2D eigenvalue weighted by Crippen LogP contribution is -2.47. The molecule has 0 aliphatic heterocycles. The lowest BCUT2D eigenvalue weighted by atomic mass is 9.89. The fourth-order valence-electron chi connectivity index (χ4n) is 1.86. The molecule has 1 amide bonds. The number of hydrogen-bond acceptors (Lipinski definition) is 4. The minimum absolute atomic E-state index is 0.0996. The summed E-state index contributed by atoms with van der Waals surface area (Å²) in [6, 6.07) is 3.52. The molecule has 1 aliphatic rings. The second-order valence-corrected chi connectivity index (χ2v) is 4.19. The van der Waals surface area contributed by atoms with E-state index in [0.29, 0.717) is 17.5 Å². The molecule has 5 nitrogen and oxygen atoms in total. The second-order valence-electron chi connectivity index (χ2n) is 4.19. The van der Waals surface area contributed by atoms with Crippen molar-refractivity contribution in [2.24, 2.45) is 0 Å². The summed E-state index contributed by atoms with van der Waals surface area (Å²) in [7, 11) is 0. The van der Waals surface area contributed by atoms with Crippen molar-refractivity contribution >= 4 is 11.7 Å². The highest BCUT2D eigenvalue weighted by molar-refractivity contribution is 5.94. The van der Waals surface area contributed by atoms with Gasteiger partial charge in [-0.1, -0.05) is 0 Å². The van der Waals surface area contributed by atoms with Crippen molar-refractivity contribution in [3.8, 4) is 0 Å². The van der Waals surface area contributed by atoms with Crippen LogP contribution in [0.4, 0.5) is 5.82 Å². The Morgan fingerprint density at radius 3 is 2.94 bits per heavy atom. The molecule has 1 saturated carbocycles. The number of rotatable bonds is 4. The van der Waals surface area contributed by atoms with Crippen LogP contribution in [-0.2, 0) is 4.74 Å². The zero-order chi connectivity index (χ0) is 12.3. The average Bonchev–Trinajstić information content (AvgIpc) is 2.27. The number of pyridine rings is 1. The zero-order valence-corrected chi connectivity index (χ0v) is 9.85. The zero-order valence-electron chi connectivity index (χ0n) is 9.85. The third kappa shape index (κ3) is 2.94. The fraction of sp³-hybridized carbons (Fsp3) is 0.500. The van der Waals surface area contributed by atoms with Gasteiger partial charge in [0, 0.05) is 18.8 Å². The summed E-state index contributed by atoms with van der Waals surface area (Å²) >= 11 is 0. The van der Waals surface area contributed by atoms with Crippen LogP contribution in [0.15, 0.2) is 18.3 Å². The molecule has 1 aliphatic carbocycles. The molecule has 1 aromatic heterocycles. The first kappa shape index (κ1) is 11.9. The van der Waals surface area contributed by atoms with Crippen LogP contribution < -0.4 is 11.1 Å². The molecule has 0 unspecified atom stereocenters. The van der Waals surface area contributed by atoms with E-state index in [-0.39, 0.29) is 11.9 Å². The molecule has 2 rings (SSSR count). The molecule has 1 aromatic rings. The van der Waals surface area contributed by atoms with Crippen LogP contribution in [0.3, 0.4) is 0 Å². The quantitative estimate of drug-likeness (QED) is 0.815. The van der Waals surface area contributed by atoms with E-state index in [9.17, 15) is 4.79 Å². The lowest BCUT2D eigenvalue weighted by Gasteiger charge is -2.35. The molecule has 1 fully saturated rings. The first-order valence-corrected chi connectivity index (χ1v) is 5.83. The molecular formula is C12H17N3O2. The summed E-state index contributed by atoms with van der Waals surface area (Å²) in [5.74, 6) is 0.319. The maximum absolute atomic E-state index is 11.8. The van der Waals surface area contributed by atoms with E-state index < -0.39 is 0 Å². The molecule has 0 atom stereocenters. The standard InChI is InChI=1S/C12H17N3O2/c1-2-17-10-5-9(6-10)15-12(16)8-3-4-11(13)14-7-8/h3-4,7,9-10H,2,5-6H2,1H3,(H2,13,14)(H,15,16). The number of nitrogens with zero attached hydrogens (tertiary/aromatic N) is 1. The Labute approximate surface area is 100 Å². The fourth-order valence-corrected chi connectivity index (χ4v) is 1.86. The van der Waals surface area contributed by atoms with Gasteiger partial charge in [0.25, 0.3) is 5.91 Å². The molecule has 3 N–H and O–H groups in total. The smallest absolute Gasteiger partial charge is 0.253 e. The summed E-state index contributed by atoms with van der Waals surface area (Å²) in [6.07, 6.45) is 3.57. The van der Waals surface area contributed by atoms with Crippen LogP contribution in [0.5, 0.6) is 0 Å². The molecule has 1 heterocycles. The highest BCUT2D eigenvalue weighted by Crippen LogP contribution is 2.23. The lowest BCUT2D eigenvalue weighted by molar-refractivity contribution is -0.00862. The van der Waals surface area contributed by atoms with Gasteiger partial charge < -0.3 is 15.8 Å². The second kappa shape index (κ2) is 5.14. The molecule has 0 spiro atoms. The summed E-state index contributed by atoms with van der Waals surface area (Å²) < 4.78 is 5.43. The summed E-state index contributed by atoms with van der Waals surface area (Å²) in [5.41, 5.74) is 6.00. The van der Waals surface area contributed by atoms with Crippen LogP contribution in [-0.4, -0.2) is 29.6 Å². The third-order valence-electron chi connectivity index (χ3n) is 2.88. The molecule has 0 bridgehead atoms. The molecule has 17 heavy (non-hydrogen) atoms. The van der Waals surface area contributed by atoms with Crippen molar-refractivity contribution in [3.63, 3.8) is 0 Å². The monoisotopic (exact) mass is 235 g/mol. The van der Waals surface area contributed by atoms with Crippen molar-refractivity contribution in [1.29, 1.82) is 0 Å². The van der Waals surface area contributed by atoms with Gasteiger partial charge in [-0.15, -0.1) is 0 Å². The first-order valence-electron chi connectivity index (χ1n) is 5.83. The van der Waals surface area contributed by atoms with E-state index in [0.717, 1.165) is 19.4 Å². The largest absolute Gasteiger partial charge is 0.384 e. The van der Waals surface area contributed by atoms with Gasteiger partial charge in [-0.2, -0.15) is 0 Å². The van der Waals surface area contributed by atoms with Gasteiger partial charge in [-0.25, -0.2) is 4.98 Å². The Morgan fingerprint density at radius 2 is 2.35 bits per heavy atom. The minimum atomic E-state index is -0.0996. The highest BCUT2D eigenvalue weighted by Gasteiger charge is 2.30. The number of anilines is 1. The first-order chi connectivity index (χ1) is 8.19. The summed E-state index contributed by atoms with van der Waals surface area (Å²) in [5, 5.41) is 2.94. The average molecular weight is 235 g/mol. The number of nitrogen functional groups attached to an aromatic ring is 1. The molecule has 0 aromatic carbocycles. The number of ether oxygens (including phenoxy) is 1. The number of nitrogens with two attached hydrogens (primary N) is 1. The van der Waals surface area contributed by atoms with Crippen molar-refractivity contribution in [2.75, 3.05) is 12.3 Å².